The van der Waals surface area contributed by atoms with Crippen molar-refractivity contribution in [2.75, 3.05) is 11.5 Å². The van der Waals surface area contributed by atoms with Crippen LogP contribution >= 0.6 is 47.1 Å². The zero-order chi connectivity index (χ0) is 31.7. The third-order valence-electron chi connectivity index (χ3n) is 6.99. The number of hydrogen-bond acceptors (Lipinski definition) is 12. The van der Waals surface area contributed by atoms with Gasteiger partial charge in [0.25, 0.3) is 17.7 Å². The maximum absolute atomic E-state index is 13.0. The van der Waals surface area contributed by atoms with Crippen molar-refractivity contribution in [3.8, 4) is 0 Å². The molecule has 1 aromatic heterocycles. The Bertz CT molecular complexity index is 1590. The van der Waals surface area contributed by atoms with Crippen LogP contribution in [0.4, 0.5) is 0 Å². The summed E-state index contributed by atoms with van der Waals surface area (Å²) in [6.07, 6.45) is 0.0771. The van der Waals surface area contributed by atoms with Crippen LogP contribution in [0.3, 0.4) is 0 Å². The van der Waals surface area contributed by atoms with Crippen LogP contribution in [0.1, 0.15) is 45.0 Å². The molecule has 3 aliphatic rings. The van der Waals surface area contributed by atoms with Gasteiger partial charge in [-0.3, -0.25) is 29.0 Å². The van der Waals surface area contributed by atoms with Crippen molar-refractivity contribution >= 4 is 87.7 Å². The molecule has 44 heavy (non-hydrogen) atoms. The number of amides is 3. The number of aromatic nitrogens is 2. The lowest BCUT2D eigenvalue weighted by Gasteiger charge is -2.49. The first-order chi connectivity index (χ1) is 21.0. The summed E-state index contributed by atoms with van der Waals surface area (Å²) in [5, 5.41) is 39.1. The van der Waals surface area contributed by atoms with Crippen LogP contribution < -0.4 is 5.32 Å². The summed E-state index contributed by atoms with van der Waals surface area (Å²) in [4.78, 5) is 75.8. The van der Waals surface area contributed by atoms with E-state index >= 15 is 0 Å². The molecule has 5 rings (SSSR count). The van der Waals surface area contributed by atoms with Crippen LogP contribution in [0.5, 0.6) is 0 Å². The van der Waals surface area contributed by atoms with E-state index in [1.165, 1.54) is 40.6 Å². The highest BCUT2D eigenvalue weighted by atomic mass is 32.2. The van der Waals surface area contributed by atoms with Gasteiger partial charge in [-0.05, 0) is 37.0 Å². The molecule has 18 heteroatoms. The highest BCUT2D eigenvalue weighted by Crippen LogP contribution is 2.42. The number of thioether (sulfide) groups is 2. The molecule has 1 aromatic carbocycles. The summed E-state index contributed by atoms with van der Waals surface area (Å²) in [5.74, 6) is -4.87. The standard InChI is InChI=1S/C26H23N5O9S4/c32-17(33)8-16-28-29-26(44-16)43-10-11-9-42-23-18(22(36)31(23)19(11)25(39)40)27-15(41)7-3-6-14(24(37)38)30-20(34)12-4-1-2-5-13(12)21(30)35/h1-2,4-5,14,18,23H,3,6-10H2,(H,27,41)(H,32,33)(H,37,38)(H,39,40)/t14?,18?,23-/m0/s1. The largest absolute Gasteiger partial charge is 0.481 e. The summed E-state index contributed by atoms with van der Waals surface area (Å²) >= 11 is 9.08. The molecule has 4 N–H and O–H groups in total. The molecule has 0 spiro atoms. The van der Waals surface area contributed by atoms with E-state index in [1.807, 2.05) is 0 Å². The summed E-state index contributed by atoms with van der Waals surface area (Å²) in [6.45, 7) is 0. The lowest BCUT2D eigenvalue weighted by molar-refractivity contribution is -0.148. The van der Waals surface area contributed by atoms with Crippen molar-refractivity contribution in [2.24, 2.45) is 0 Å². The second-order valence-corrected chi connectivity index (χ2v) is 13.7. The predicted molar refractivity (Wildman–Crippen MR) is 161 cm³/mol. The molecule has 4 heterocycles. The number of imide groups is 1. The Balaban J connectivity index is 1.16. The first kappa shape index (κ1) is 31.6. The zero-order valence-electron chi connectivity index (χ0n) is 22.5. The number of rotatable bonds is 13. The lowest BCUT2D eigenvalue weighted by Crippen LogP contribution is -2.70. The SMILES string of the molecule is O=C(O)Cc1nnc(SCC2=C(C(=O)O)N3C(=O)C(NC(=S)CCCC(C(=O)O)N4C(=O)c5ccccc5C4=O)[C@@H]3SC2)s1. The van der Waals surface area contributed by atoms with Crippen molar-refractivity contribution in [2.45, 2.75) is 47.5 Å². The molecule has 1 fully saturated rings. The van der Waals surface area contributed by atoms with Crippen molar-refractivity contribution in [3.63, 3.8) is 0 Å². The highest BCUT2D eigenvalue weighted by molar-refractivity contribution is 8.01. The predicted octanol–water partition coefficient (Wildman–Crippen LogP) is 1.72. The Morgan fingerprint density at radius 1 is 1.09 bits per heavy atom. The third-order valence-corrected chi connectivity index (χ3v) is 10.8. The van der Waals surface area contributed by atoms with Gasteiger partial charge < -0.3 is 20.6 Å². The molecule has 0 radical (unpaired) electrons. The minimum Gasteiger partial charge on any atom is -0.481 e. The fourth-order valence-corrected chi connectivity index (χ4v) is 8.64. The number of carboxylic acid groups (broad SMARTS) is 3. The normalized spacial score (nSPS) is 19.8. The quantitative estimate of drug-likeness (QED) is 0.103. The van der Waals surface area contributed by atoms with E-state index in [4.69, 9.17) is 17.3 Å². The van der Waals surface area contributed by atoms with E-state index in [2.05, 4.69) is 15.5 Å². The van der Waals surface area contributed by atoms with Crippen molar-refractivity contribution in [3.05, 3.63) is 51.7 Å². The van der Waals surface area contributed by atoms with Crippen LogP contribution in [0.2, 0.25) is 0 Å². The number of carbonyl (C=O) groups excluding carboxylic acids is 3. The van der Waals surface area contributed by atoms with E-state index in [0.717, 1.165) is 16.2 Å². The Kier molecular flexibility index (Phi) is 9.33. The van der Waals surface area contributed by atoms with Gasteiger partial charge in [-0.15, -0.1) is 22.0 Å². The van der Waals surface area contributed by atoms with E-state index in [1.54, 1.807) is 12.1 Å². The summed E-state index contributed by atoms with van der Waals surface area (Å²) < 4.78 is 0.485. The smallest absolute Gasteiger partial charge is 0.352 e. The second-order valence-electron chi connectivity index (χ2n) is 9.81. The zero-order valence-corrected chi connectivity index (χ0v) is 25.8. The molecule has 14 nitrogen and oxygen atoms in total. The topological polar surface area (TPSA) is 207 Å². The molecule has 0 bridgehead atoms. The van der Waals surface area contributed by atoms with Crippen LogP contribution in [0, 0.1) is 0 Å². The minimum absolute atomic E-state index is 0.0507. The van der Waals surface area contributed by atoms with Gasteiger partial charge in [-0.25, -0.2) is 9.59 Å². The van der Waals surface area contributed by atoms with Crippen molar-refractivity contribution in [1.29, 1.82) is 0 Å². The van der Waals surface area contributed by atoms with E-state index in [0.29, 0.717) is 20.7 Å². The molecule has 3 aliphatic heterocycles. The number of carbonyl (C=O) groups is 6. The lowest BCUT2D eigenvalue weighted by atomic mass is 10.0. The van der Waals surface area contributed by atoms with Crippen LogP contribution in [-0.4, -0.2) is 105 Å². The number of benzene rings is 1. The van der Waals surface area contributed by atoms with Gasteiger partial charge in [-0.1, -0.05) is 47.4 Å². The number of nitrogens with zero attached hydrogens (tertiary/aromatic N) is 4. The Morgan fingerprint density at radius 2 is 1.77 bits per heavy atom. The first-order valence-electron chi connectivity index (χ1n) is 13.0. The molecule has 0 aliphatic carbocycles. The molecule has 3 atom stereocenters. The fourth-order valence-electron chi connectivity index (χ4n) is 5.00. The summed E-state index contributed by atoms with van der Waals surface area (Å²) in [7, 11) is 0. The monoisotopic (exact) mass is 677 g/mol. The average molecular weight is 678 g/mol. The summed E-state index contributed by atoms with van der Waals surface area (Å²) in [6, 6.07) is 3.97. The van der Waals surface area contributed by atoms with E-state index in [-0.39, 0.29) is 53.2 Å². The van der Waals surface area contributed by atoms with E-state index in [9.17, 15) is 39.0 Å². The molecule has 3 amide bonds. The van der Waals surface area contributed by atoms with Gasteiger partial charge in [-0.2, -0.15) is 0 Å². The maximum Gasteiger partial charge on any atom is 0.352 e. The number of carboxylic acids is 3. The Labute approximate surface area is 266 Å². The van der Waals surface area contributed by atoms with E-state index < -0.39 is 53.1 Å². The molecule has 1 saturated heterocycles. The number of nitrogens with one attached hydrogen (secondary N) is 1. The molecule has 0 saturated carbocycles. The second kappa shape index (κ2) is 13.0. The number of fused-ring (bicyclic) bond motifs is 2. The number of β-lactam (4-membered cyclic amide) rings is 1. The van der Waals surface area contributed by atoms with Gasteiger partial charge in [0, 0.05) is 11.5 Å². The maximum atomic E-state index is 13.0. The van der Waals surface area contributed by atoms with Gasteiger partial charge in [0.15, 0.2) is 4.34 Å². The van der Waals surface area contributed by atoms with Gasteiger partial charge in [0.1, 0.15) is 28.2 Å². The fraction of sp³-hybridized carbons (Fsp3) is 0.346. The number of thiocarbonyl (C=S) groups is 1. The number of aliphatic carboxylic acids is 3. The molecule has 2 unspecified atom stereocenters. The highest BCUT2D eigenvalue weighted by Gasteiger charge is 2.53. The Morgan fingerprint density at radius 3 is 2.39 bits per heavy atom. The van der Waals surface area contributed by atoms with Crippen molar-refractivity contribution in [1.82, 2.24) is 25.3 Å². The first-order valence-corrected chi connectivity index (χ1v) is 16.3. The number of hydrogen-bond donors (Lipinski definition) is 4. The average Bonchev–Trinajstić information content (AvgIpc) is 3.53. The molecular weight excluding hydrogens is 655 g/mol. The molecule has 230 valence electrons. The molecule has 2 aromatic rings. The van der Waals surface area contributed by atoms with Crippen LogP contribution in [-0.2, 0) is 25.6 Å². The molecular formula is C26H23N5O9S4. The Hall–Kier alpha value is -3.87. The van der Waals surface area contributed by atoms with Crippen LogP contribution in [0.25, 0.3) is 0 Å². The van der Waals surface area contributed by atoms with Gasteiger partial charge >= 0.3 is 17.9 Å². The minimum atomic E-state index is -1.39. The van der Waals surface area contributed by atoms with Crippen LogP contribution in [0.15, 0.2) is 39.9 Å². The van der Waals surface area contributed by atoms with Crippen molar-refractivity contribution < 1.29 is 44.1 Å². The third kappa shape index (κ3) is 6.19. The summed E-state index contributed by atoms with van der Waals surface area (Å²) in [5.41, 5.74) is 0.706. The van der Waals surface area contributed by atoms with Gasteiger partial charge in [0.05, 0.1) is 22.5 Å². The van der Waals surface area contributed by atoms with Gasteiger partial charge in [0.2, 0.25) is 0 Å².